The monoisotopic (exact) mass is 405 g/mol. The van der Waals surface area contributed by atoms with E-state index in [9.17, 15) is 18.8 Å². The number of amides is 3. The number of carbonyl (C=O) groups is 3. The van der Waals surface area contributed by atoms with Crippen molar-refractivity contribution >= 4 is 35.2 Å². The molecule has 3 aliphatic heterocycles. The number of fused-ring (bicyclic) bond motifs is 4. The van der Waals surface area contributed by atoms with Crippen LogP contribution < -0.4 is 10.6 Å². The van der Waals surface area contributed by atoms with Crippen LogP contribution >= 0.6 is 11.8 Å². The SMILES string of the molecule is CCCCN1C(=O)[C@@H]2[C@H](CCSC)N[C@@]3(C(=O)Nc4ccc(F)cc43)[C@@H]2C1=O. The molecular weight excluding hydrogens is 381 g/mol. The van der Waals surface area contributed by atoms with Gasteiger partial charge in [0.1, 0.15) is 11.4 Å². The van der Waals surface area contributed by atoms with E-state index in [0.29, 0.717) is 24.2 Å². The van der Waals surface area contributed by atoms with Crippen LogP contribution in [0.2, 0.25) is 0 Å². The lowest BCUT2D eigenvalue weighted by Crippen LogP contribution is -2.53. The maximum absolute atomic E-state index is 14.1. The van der Waals surface area contributed by atoms with Gasteiger partial charge in [-0.1, -0.05) is 13.3 Å². The maximum Gasteiger partial charge on any atom is 0.250 e. The number of thioether (sulfide) groups is 1. The molecule has 28 heavy (non-hydrogen) atoms. The van der Waals surface area contributed by atoms with Gasteiger partial charge >= 0.3 is 0 Å². The number of unbranched alkanes of at least 4 members (excludes halogenated alkanes) is 1. The summed E-state index contributed by atoms with van der Waals surface area (Å²) in [5, 5.41) is 6.10. The van der Waals surface area contributed by atoms with Gasteiger partial charge in [0, 0.05) is 23.8 Å². The molecule has 6 nitrogen and oxygen atoms in total. The van der Waals surface area contributed by atoms with E-state index in [0.717, 1.165) is 18.6 Å². The van der Waals surface area contributed by atoms with Gasteiger partial charge < -0.3 is 5.32 Å². The zero-order valence-corrected chi connectivity index (χ0v) is 16.8. The Hall–Kier alpha value is -1.93. The molecule has 1 aromatic carbocycles. The summed E-state index contributed by atoms with van der Waals surface area (Å²) in [6, 6.07) is 3.80. The second kappa shape index (κ2) is 7.15. The fourth-order valence-electron chi connectivity index (χ4n) is 4.86. The van der Waals surface area contributed by atoms with Gasteiger partial charge in [-0.15, -0.1) is 0 Å². The molecule has 3 heterocycles. The van der Waals surface area contributed by atoms with Crippen molar-refractivity contribution in [3.05, 3.63) is 29.6 Å². The Morgan fingerprint density at radius 3 is 2.75 bits per heavy atom. The molecule has 2 N–H and O–H groups in total. The molecule has 150 valence electrons. The standard InChI is InChI=1S/C20H24FN3O3S/c1-3-4-8-24-17(25)15-14(7-9-28-2)23-20(16(15)18(24)26)12-10-11(21)5-6-13(12)22-19(20)27/h5-6,10,14-16,23H,3-4,7-9H2,1-2H3,(H,22,27)/t14-,15+,16-,20+/m0/s1. The predicted molar refractivity (Wildman–Crippen MR) is 105 cm³/mol. The van der Waals surface area contributed by atoms with E-state index in [1.54, 1.807) is 11.8 Å². The van der Waals surface area contributed by atoms with E-state index >= 15 is 0 Å². The molecule has 2 saturated heterocycles. The predicted octanol–water partition coefficient (Wildman–Crippen LogP) is 2.10. The number of carbonyl (C=O) groups excluding carboxylic acids is 3. The van der Waals surface area contributed by atoms with E-state index in [1.165, 1.54) is 23.1 Å². The van der Waals surface area contributed by atoms with Crippen LogP contribution in [0, 0.1) is 17.7 Å². The molecule has 3 aliphatic rings. The molecule has 0 aliphatic carbocycles. The molecule has 1 aromatic rings. The third kappa shape index (κ3) is 2.61. The fraction of sp³-hybridized carbons (Fsp3) is 0.550. The minimum absolute atomic E-state index is 0.211. The molecule has 4 atom stereocenters. The summed E-state index contributed by atoms with van der Waals surface area (Å²) in [5.41, 5.74) is -0.466. The Bertz CT molecular complexity index is 848. The summed E-state index contributed by atoms with van der Waals surface area (Å²) >= 11 is 1.65. The van der Waals surface area contributed by atoms with Crippen LogP contribution in [-0.4, -0.2) is 47.2 Å². The number of anilines is 1. The van der Waals surface area contributed by atoms with Gasteiger partial charge in [0.05, 0.1) is 11.8 Å². The first-order valence-electron chi connectivity index (χ1n) is 9.69. The molecule has 0 bridgehead atoms. The lowest BCUT2D eigenvalue weighted by molar-refractivity contribution is -0.142. The van der Waals surface area contributed by atoms with Crippen molar-refractivity contribution in [2.75, 3.05) is 23.9 Å². The second-order valence-electron chi connectivity index (χ2n) is 7.67. The first kappa shape index (κ1) is 19.4. The van der Waals surface area contributed by atoms with Crippen molar-refractivity contribution in [3.8, 4) is 0 Å². The zero-order valence-electron chi connectivity index (χ0n) is 16.0. The summed E-state index contributed by atoms with van der Waals surface area (Å²) in [6.45, 7) is 2.36. The lowest BCUT2D eigenvalue weighted by Gasteiger charge is -2.29. The van der Waals surface area contributed by atoms with Gasteiger partial charge in [-0.05, 0) is 43.0 Å². The van der Waals surface area contributed by atoms with Crippen molar-refractivity contribution in [2.45, 2.75) is 37.8 Å². The van der Waals surface area contributed by atoms with Crippen LogP contribution in [-0.2, 0) is 19.9 Å². The number of hydrogen-bond donors (Lipinski definition) is 2. The smallest absolute Gasteiger partial charge is 0.250 e. The van der Waals surface area contributed by atoms with Crippen LogP contribution in [0.15, 0.2) is 18.2 Å². The normalized spacial score (nSPS) is 30.9. The lowest BCUT2D eigenvalue weighted by atomic mass is 9.76. The Balaban J connectivity index is 1.81. The summed E-state index contributed by atoms with van der Waals surface area (Å²) in [7, 11) is 0. The van der Waals surface area contributed by atoms with Crippen LogP contribution in [0.5, 0.6) is 0 Å². The average molecular weight is 405 g/mol. The van der Waals surface area contributed by atoms with Crippen molar-refractivity contribution in [1.82, 2.24) is 10.2 Å². The molecule has 1 spiro atoms. The topological polar surface area (TPSA) is 78.5 Å². The van der Waals surface area contributed by atoms with Crippen LogP contribution in [0.25, 0.3) is 0 Å². The fourth-order valence-corrected chi connectivity index (χ4v) is 5.35. The number of rotatable bonds is 6. The highest BCUT2D eigenvalue weighted by molar-refractivity contribution is 7.98. The van der Waals surface area contributed by atoms with Gasteiger partial charge in [0.15, 0.2) is 0 Å². The Morgan fingerprint density at radius 1 is 1.25 bits per heavy atom. The van der Waals surface area contributed by atoms with Gasteiger partial charge in [-0.2, -0.15) is 11.8 Å². The third-order valence-electron chi connectivity index (χ3n) is 6.14. The van der Waals surface area contributed by atoms with Crippen molar-refractivity contribution in [1.29, 1.82) is 0 Å². The Kier molecular flexibility index (Phi) is 4.95. The van der Waals surface area contributed by atoms with Crippen molar-refractivity contribution < 1.29 is 18.8 Å². The summed E-state index contributed by atoms with van der Waals surface area (Å²) in [6.07, 6.45) is 4.22. The van der Waals surface area contributed by atoms with E-state index < -0.39 is 23.2 Å². The molecule has 0 aromatic heterocycles. The average Bonchev–Trinajstić information content (AvgIpc) is 3.24. The second-order valence-corrected chi connectivity index (χ2v) is 8.66. The number of nitrogens with zero attached hydrogens (tertiary/aromatic N) is 1. The van der Waals surface area contributed by atoms with Gasteiger partial charge in [-0.25, -0.2) is 4.39 Å². The van der Waals surface area contributed by atoms with Gasteiger partial charge in [0.2, 0.25) is 17.7 Å². The summed E-state index contributed by atoms with van der Waals surface area (Å²) in [5.74, 6) is -2.03. The molecule has 3 amide bonds. The highest BCUT2D eigenvalue weighted by Gasteiger charge is 2.70. The first-order chi connectivity index (χ1) is 13.5. The number of likely N-dealkylation sites (tertiary alicyclic amines) is 1. The molecule has 4 rings (SSSR count). The maximum atomic E-state index is 14.1. The number of nitrogens with one attached hydrogen (secondary N) is 2. The summed E-state index contributed by atoms with van der Waals surface area (Å²) in [4.78, 5) is 40.9. The number of imide groups is 1. The van der Waals surface area contributed by atoms with Crippen LogP contribution in [0.3, 0.4) is 0 Å². The van der Waals surface area contributed by atoms with Crippen molar-refractivity contribution in [2.24, 2.45) is 11.8 Å². The van der Waals surface area contributed by atoms with Gasteiger partial charge in [0.25, 0.3) is 0 Å². The number of halogens is 1. The van der Waals surface area contributed by atoms with Gasteiger partial charge in [-0.3, -0.25) is 24.6 Å². The molecular formula is C20H24FN3O3S. The molecule has 8 heteroatoms. The highest BCUT2D eigenvalue weighted by Crippen LogP contribution is 2.53. The minimum Gasteiger partial charge on any atom is -0.324 e. The number of benzene rings is 1. The van der Waals surface area contributed by atoms with E-state index in [2.05, 4.69) is 10.6 Å². The van der Waals surface area contributed by atoms with E-state index in [-0.39, 0.29) is 23.8 Å². The largest absolute Gasteiger partial charge is 0.324 e. The van der Waals surface area contributed by atoms with E-state index in [4.69, 9.17) is 0 Å². The van der Waals surface area contributed by atoms with E-state index in [1.807, 2.05) is 13.2 Å². The molecule has 2 fully saturated rings. The molecule has 0 radical (unpaired) electrons. The van der Waals surface area contributed by atoms with Crippen LogP contribution in [0.4, 0.5) is 10.1 Å². The molecule has 0 unspecified atom stereocenters. The minimum atomic E-state index is -1.39. The first-order valence-corrected chi connectivity index (χ1v) is 11.1. The number of hydrogen-bond acceptors (Lipinski definition) is 5. The highest BCUT2D eigenvalue weighted by atomic mass is 32.2. The van der Waals surface area contributed by atoms with Crippen molar-refractivity contribution in [3.63, 3.8) is 0 Å². The third-order valence-corrected chi connectivity index (χ3v) is 6.78. The zero-order chi connectivity index (χ0) is 20.1. The quantitative estimate of drug-likeness (QED) is 0.709. The van der Waals surface area contributed by atoms with Crippen LogP contribution in [0.1, 0.15) is 31.7 Å². The molecule has 0 saturated carbocycles. The Labute approximate surface area is 167 Å². The summed E-state index contributed by atoms with van der Waals surface area (Å²) < 4.78 is 14.1. The Morgan fingerprint density at radius 2 is 2.04 bits per heavy atom.